The second kappa shape index (κ2) is 9.93. The van der Waals surface area contributed by atoms with Crippen molar-refractivity contribution in [2.75, 3.05) is 5.75 Å². The number of urea groups is 1. The third-order valence-electron chi connectivity index (χ3n) is 3.65. The predicted molar refractivity (Wildman–Crippen MR) is 101 cm³/mol. The van der Waals surface area contributed by atoms with E-state index in [2.05, 4.69) is 15.6 Å². The van der Waals surface area contributed by atoms with Crippen molar-refractivity contribution in [1.29, 1.82) is 5.26 Å². The van der Waals surface area contributed by atoms with Crippen LogP contribution in [-0.4, -0.2) is 22.7 Å². The number of carbonyl (C=O) groups excluding carboxylic acids is 2. The largest absolute Gasteiger partial charge is 0.417 e. The lowest BCUT2D eigenvalue weighted by Crippen LogP contribution is -2.39. The fourth-order valence-electron chi connectivity index (χ4n) is 2.33. The van der Waals surface area contributed by atoms with Crippen molar-refractivity contribution in [1.82, 2.24) is 15.6 Å². The lowest BCUT2D eigenvalue weighted by molar-refractivity contribution is -0.138. The number of nitrogens with one attached hydrogen (secondary N) is 2. The molecule has 29 heavy (non-hydrogen) atoms. The van der Waals surface area contributed by atoms with Crippen LogP contribution in [0.4, 0.5) is 18.0 Å². The topological polar surface area (TPSA) is 94.9 Å². The van der Waals surface area contributed by atoms with Crippen LogP contribution in [0, 0.1) is 18.3 Å². The highest BCUT2D eigenvalue weighted by Gasteiger charge is 2.35. The van der Waals surface area contributed by atoms with Crippen molar-refractivity contribution in [2.45, 2.75) is 31.1 Å². The van der Waals surface area contributed by atoms with Gasteiger partial charge in [-0.2, -0.15) is 18.4 Å². The van der Waals surface area contributed by atoms with Crippen molar-refractivity contribution >= 4 is 23.7 Å². The van der Waals surface area contributed by atoms with Crippen molar-refractivity contribution in [3.8, 4) is 6.07 Å². The Kier molecular flexibility index (Phi) is 7.61. The van der Waals surface area contributed by atoms with Gasteiger partial charge >= 0.3 is 12.2 Å². The zero-order valence-electron chi connectivity index (χ0n) is 15.3. The molecule has 0 bridgehead atoms. The molecule has 2 aromatic rings. The molecule has 0 aliphatic carbocycles. The van der Waals surface area contributed by atoms with E-state index >= 15 is 0 Å². The number of hydrogen-bond acceptors (Lipinski definition) is 5. The minimum Gasteiger partial charge on any atom is -0.334 e. The summed E-state index contributed by atoms with van der Waals surface area (Å²) in [6.45, 7) is 1.64. The van der Waals surface area contributed by atoms with Crippen LogP contribution in [0.15, 0.2) is 41.4 Å². The van der Waals surface area contributed by atoms with Gasteiger partial charge in [-0.25, -0.2) is 9.78 Å². The Balaban J connectivity index is 1.88. The average Bonchev–Trinajstić information content (AvgIpc) is 2.66. The molecule has 6 nitrogen and oxygen atoms in total. The maximum Gasteiger partial charge on any atom is 0.417 e. The number of imide groups is 1. The third kappa shape index (κ3) is 6.80. The number of carbonyl (C=O) groups is 2. The summed E-state index contributed by atoms with van der Waals surface area (Å²) in [5, 5.41) is 13.7. The molecule has 0 unspecified atom stereocenters. The summed E-state index contributed by atoms with van der Waals surface area (Å²) in [6.07, 6.45) is -4.81. The highest BCUT2D eigenvalue weighted by atomic mass is 32.2. The Morgan fingerprint density at radius 2 is 1.93 bits per heavy atom. The summed E-state index contributed by atoms with van der Waals surface area (Å²) in [7, 11) is 0. The Labute approximate surface area is 169 Å². The summed E-state index contributed by atoms with van der Waals surface area (Å²) < 4.78 is 39.3. The van der Waals surface area contributed by atoms with Gasteiger partial charge in [-0.1, -0.05) is 30.3 Å². The van der Waals surface area contributed by atoms with Gasteiger partial charge in [0, 0.05) is 24.4 Å². The van der Waals surface area contributed by atoms with Gasteiger partial charge in [0.15, 0.2) is 0 Å². The number of rotatable bonds is 6. The molecule has 0 aliphatic rings. The van der Waals surface area contributed by atoms with Crippen LogP contribution in [0.5, 0.6) is 0 Å². The van der Waals surface area contributed by atoms with E-state index in [1.807, 2.05) is 30.3 Å². The predicted octanol–water partition coefficient (Wildman–Crippen LogP) is 3.79. The Morgan fingerprint density at radius 3 is 2.55 bits per heavy atom. The summed E-state index contributed by atoms with van der Waals surface area (Å²) in [6, 6.07) is 10.8. The maximum absolute atomic E-state index is 13.1. The normalized spacial score (nSPS) is 10.9. The van der Waals surface area contributed by atoms with Crippen molar-refractivity contribution in [2.24, 2.45) is 0 Å². The van der Waals surface area contributed by atoms with Crippen LogP contribution in [0.1, 0.15) is 28.8 Å². The lowest BCUT2D eigenvalue weighted by atomic mass is 10.1. The number of hydrogen-bond donors (Lipinski definition) is 2. The first-order chi connectivity index (χ1) is 13.7. The number of alkyl halides is 3. The molecule has 0 saturated carbocycles. The van der Waals surface area contributed by atoms with E-state index < -0.39 is 29.2 Å². The molecular formula is C19H17F3N4O2S. The molecule has 0 spiro atoms. The van der Waals surface area contributed by atoms with Gasteiger partial charge in [-0.3, -0.25) is 10.1 Å². The van der Waals surface area contributed by atoms with Crippen LogP contribution in [0.25, 0.3) is 0 Å². The molecule has 1 heterocycles. The number of nitrogens with zero attached hydrogens (tertiary/aromatic N) is 2. The number of aromatic nitrogens is 1. The Bertz CT molecular complexity index is 928. The zero-order valence-corrected chi connectivity index (χ0v) is 16.2. The Hall–Kier alpha value is -3.06. The fraction of sp³-hybridized carbons (Fsp3) is 0.263. The molecule has 10 heteroatoms. The first kappa shape index (κ1) is 22.2. The molecule has 0 aliphatic heterocycles. The van der Waals surface area contributed by atoms with E-state index in [9.17, 15) is 22.8 Å². The maximum atomic E-state index is 13.1. The van der Waals surface area contributed by atoms with Gasteiger partial charge in [0.25, 0.3) is 0 Å². The van der Waals surface area contributed by atoms with Crippen LogP contribution in [0.2, 0.25) is 0 Å². The smallest absolute Gasteiger partial charge is 0.334 e. The molecule has 0 saturated heterocycles. The van der Waals surface area contributed by atoms with E-state index in [1.54, 1.807) is 0 Å². The number of thioether (sulfide) groups is 1. The van der Waals surface area contributed by atoms with Gasteiger partial charge in [0.2, 0.25) is 5.91 Å². The van der Waals surface area contributed by atoms with Crippen molar-refractivity contribution < 1.29 is 22.8 Å². The van der Waals surface area contributed by atoms with Gasteiger partial charge in [-0.15, -0.1) is 11.8 Å². The van der Waals surface area contributed by atoms with Gasteiger partial charge in [0.1, 0.15) is 11.1 Å². The molecule has 0 fully saturated rings. The first-order valence-corrected chi connectivity index (χ1v) is 9.42. The fourth-order valence-corrected chi connectivity index (χ4v) is 3.32. The number of amides is 3. The van der Waals surface area contributed by atoms with Gasteiger partial charge in [-0.05, 0) is 18.6 Å². The molecule has 1 aromatic carbocycles. The molecule has 2 N–H and O–H groups in total. The minimum absolute atomic E-state index is 0.0558. The zero-order chi connectivity index (χ0) is 21.4. The summed E-state index contributed by atoms with van der Waals surface area (Å²) in [5.41, 5.74) is -0.655. The second-order valence-corrected chi connectivity index (χ2v) is 7.00. The van der Waals surface area contributed by atoms with E-state index in [-0.39, 0.29) is 29.4 Å². The summed E-state index contributed by atoms with van der Waals surface area (Å²) in [5.74, 6) is -0.537. The number of aryl methyl sites for hydroxylation is 1. The quantitative estimate of drug-likeness (QED) is 0.691. The minimum atomic E-state index is -4.68. The van der Waals surface area contributed by atoms with Crippen LogP contribution in [-0.2, 0) is 17.5 Å². The van der Waals surface area contributed by atoms with Crippen LogP contribution < -0.4 is 10.6 Å². The van der Waals surface area contributed by atoms with Gasteiger partial charge < -0.3 is 5.32 Å². The van der Waals surface area contributed by atoms with Crippen molar-refractivity contribution in [3.63, 3.8) is 0 Å². The van der Waals surface area contributed by atoms with E-state index in [4.69, 9.17) is 5.26 Å². The Morgan fingerprint density at radius 1 is 1.24 bits per heavy atom. The molecular weight excluding hydrogens is 405 g/mol. The first-order valence-electron chi connectivity index (χ1n) is 8.44. The standard InChI is InChI=1S/C19H17F3N4O2S/c1-12-9-15(19(20,21)22)14(10-23)17(25-12)29-8-7-16(27)26-18(28)24-11-13-5-3-2-4-6-13/h2-6,9H,7-8,11H2,1H3,(H2,24,26,27,28). The summed E-state index contributed by atoms with van der Waals surface area (Å²) >= 11 is 0.856. The summed E-state index contributed by atoms with van der Waals surface area (Å²) in [4.78, 5) is 27.6. The van der Waals surface area contributed by atoms with Crippen molar-refractivity contribution in [3.05, 3.63) is 58.8 Å². The molecule has 0 radical (unpaired) electrons. The monoisotopic (exact) mass is 422 g/mol. The molecule has 2 rings (SSSR count). The van der Waals surface area contributed by atoms with E-state index in [0.29, 0.717) is 0 Å². The number of pyridine rings is 1. The van der Waals surface area contributed by atoms with E-state index in [1.165, 1.54) is 13.0 Å². The molecule has 0 atom stereocenters. The average molecular weight is 422 g/mol. The van der Waals surface area contributed by atoms with Crippen LogP contribution in [0.3, 0.4) is 0 Å². The van der Waals surface area contributed by atoms with Gasteiger partial charge in [0.05, 0.1) is 11.1 Å². The number of halogens is 3. The number of nitriles is 1. The second-order valence-electron chi connectivity index (χ2n) is 5.92. The van der Waals surface area contributed by atoms with E-state index in [0.717, 1.165) is 23.4 Å². The highest BCUT2D eigenvalue weighted by Crippen LogP contribution is 2.35. The third-order valence-corrected chi connectivity index (χ3v) is 4.63. The number of benzene rings is 1. The SMILES string of the molecule is Cc1cc(C(F)(F)F)c(C#N)c(SCCC(=O)NC(=O)NCc2ccccc2)n1. The molecule has 152 valence electrons. The highest BCUT2D eigenvalue weighted by molar-refractivity contribution is 7.99. The van der Waals surface area contributed by atoms with Crippen LogP contribution >= 0.6 is 11.8 Å². The lowest BCUT2D eigenvalue weighted by Gasteiger charge is -2.12. The molecule has 3 amide bonds. The molecule has 1 aromatic heterocycles.